The van der Waals surface area contributed by atoms with Crippen molar-refractivity contribution in [2.45, 2.75) is 78.6 Å². The maximum absolute atomic E-state index is 3.80. The number of rotatable bonds is 13. The van der Waals surface area contributed by atoms with Crippen molar-refractivity contribution in [3.8, 4) is 0 Å². The van der Waals surface area contributed by atoms with Crippen LogP contribution in [0.3, 0.4) is 0 Å². The lowest BCUT2D eigenvalue weighted by Gasteiger charge is -2.37. The minimum atomic E-state index is 0. The minimum absolute atomic E-state index is 0. The fourth-order valence-corrected chi connectivity index (χ4v) is 3.36. The van der Waals surface area contributed by atoms with Gasteiger partial charge in [-0.3, -0.25) is 0 Å². The number of hydrogen-bond acceptors (Lipinski definition) is 0. The van der Waals surface area contributed by atoms with Gasteiger partial charge in [-0.1, -0.05) is 40.0 Å². The van der Waals surface area contributed by atoms with E-state index in [2.05, 4.69) is 36.7 Å². The summed E-state index contributed by atoms with van der Waals surface area (Å²) in [5.74, 6) is 0. The Morgan fingerprint density at radius 3 is 1.16 bits per heavy atom. The highest BCUT2D eigenvalue weighted by Gasteiger charge is 2.24. The fraction of sp³-hybridized carbons (Fsp3) is 1.00. The molecule has 19 heavy (non-hydrogen) atoms. The Hall–Kier alpha value is 0.730. The van der Waals surface area contributed by atoms with Crippen molar-refractivity contribution >= 4 is 15.9 Å². The van der Waals surface area contributed by atoms with Gasteiger partial charge in [0.15, 0.2) is 0 Å². The third-order valence-electron chi connectivity index (χ3n) is 3.96. The molecule has 1 nitrogen and oxygen atoms in total. The molecule has 0 atom stereocenters. The second-order valence-corrected chi connectivity index (χ2v) is 6.25. The summed E-state index contributed by atoms with van der Waals surface area (Å²) in [6.45, 7) is 11.1. The molecule has 0 aliphatic carbocycles. The number of quaternary nitrogens is 1. The summed E-state index contributed by atoms with van der Waals surface area (Å²) in [4.78, 5) is 0. The van der Waals surface area contributed by atoms with Gasteiger partial charge >= 0.3 is 0 Å². The summed E-state index contributed by atoms with van der Waals surface area (Å²) in [5, 5.41) is 0. The normalized spacial score (nSPS) is 11.4. The molecular formula is C16H35BrClN. The Balaban J connectivity index is 0. The standard InChI is InChI=1S/C16H35BrN.ClH/c1-4-7-10-13-18(16-17,14-11-8-5-2)15-12-9-6-3;/h4-16H2,1-3H3;1H/q+1;/p-1. The molecule has 0 spiro atoms. The van der Waals surface area contributed by atoms with E-state index in [0.717, 1.165) is 5.45 Å². The molecule has 0 N–H and O–H groups in total. The molecule has 3 heteroatoms. The molecule has 0 fully saturated rings. The first-order valence-electron chi connectivity index (χ1n) is 8.15. The van der Waals surface area contributed by atoms with E-state index in [1.165, 1.54) is 81.9 Å². The van der Waals surface area contributed by atoms with Gasteiger partial charge in [0.1, 0.15) is 5.45 Å². The zero-order chi connectivity index (χ0) is 13.7. The van der Waals surface area contributed by atoms with Crippen molar-refractivity contribution in [1.82, 2.24) is 0 Å². The molecule has 0 aromatic heterocycles. The lowest BCUT2D eigenvalue weighted by atomic mass is 10.1. The van der Waals surface area contributed by atoms with Crippen LogP contribution in [0.1, 0.15) is 78.6 Å². The maximum atomic E-state index is 3.80. The number of halogens is 2. The van der Waals surface area contributed by atoms with E-state index >= 15 is 0 Å². The Morgan fingerprint density at radius 2 is 0.947 bits per heavy atom. The van der Waals surface area contributed by atoms with Gasteiger partial charge in [-0.2, -0.15) is 0 Å². The number of alkyl halides is 1. The van der Waals surface area contributed by atoms with Crippen LogP contribution >= 0.6 is 15.9 Å². The summed E-state index contributed by atoms with van der Waals surface area (Å²) in [6.07, 6.45) is 12.4. The van der Waals surface area contributed by atoms with E-state index in [4.69, 9.17) is 0 Å². The predicted octanol–water partition coefficient (Wildman–Crippen LogP) is 2.73. The van der Waals surface area contributed by atoms with E-state index in [-0.39, 0.29) is 12.4 Å². The Bertz CT molecular complexity index is 150. The highest BCUT2D eigenvalue weighted by molar-refractivity contribution is 9.09. The van der Waals surface area contributed by atoms with Gasteiger partial charge in [0.05, 0.1) is 19.6 Å². The minimum Gasteiger partial charge on any atom is -1.00 e. The van der Waals surface area contributed by atoms with Crippen molar-refractivity contribution < 1.29 is 16.9 Å². The maximum Gasteiger partial charge on any atom is 0.134 e. The fourth-order valence-electron chi connectivity index (χ4n) is 2.61. The van der Waals surface area contributed by atoms with Crippen LogP contribution in [0, 0.1) is 0 Å². The Kier molecular flexibility index (Phi) is 17.5. The van der Waals surface area contributed by atoms with Crippen LogP contribution in [0.5, 0.6) is 0 Å². The first-order valence-corrected chi connectivity index (χ1v) is 9.27. The van der Waals surface area contributed by atoms with Gasteiger partial charge < -0.3 is 16.9 Å². The number of unbranched alkanes of at least 4 members (excludes halogenated alkanes) is 6. The van der Waals surface area contributed by atoms with Gasteiger partial charge in [0, 0.05) is 0 Å². The first-order chi connectivity index (χ1) is 8.74. The third-order valence-corrected chi connectivity index (χ3v) is 5.03. The molecule has 0 bridgehead atoms. The summed E-state index contributed by atoms with van der Waals surface area (Å²) >= 11 is 3.80. The Labute approximate surface area is 136 Å². The summed E-state index contributed by atoms with van der Waals surface area (Å²) in [5.41, 5.74) is 1.16. The van der Waals surface area contributed by atoms with E-state index in [0.29, 0.717) is 0 Å². The van der Waals surface area contributed by atoms with E-state index in [1.54, 1.807) is 0 Å². The molecular weight excluding hydrogens is 322 g/mol. The van der Waals surface area contributed by atoms with Crippen molar-refractivity contribution in [2.24, 2.45) is 0 Å². The Morgan fingerprint density at radius 1 is 0.632 bits per heavy atom. The van der Waals surface area contributed by atoms with Crippen LogP contribution in [0.25, 0.3) is 0 Å². The van der Waals surface area contributed by atoms with Crippen molar-refractivity contribution in [3.63, 3.8) is 0 Å². The zero-order valence-electron chi connectivity index (χ0n) is 13.4. The molecule has 0 unspecified atom stereocenters. The molecule has 0 aliphatic rings. The predicted molar refractivity (Wildman–Crippen MR) is 87.2 cm³/mol. The topological polar surface area (TPSA) is 0 Å². The molecule has 0 saturated heterocycles. The van der Waals surface area contributed by atoms with E-state index in [9.17, 15) is 0 Å². The first kappa shape index (κ1) is 22.0. The zero-order valence-corrected chi connectivity index (χ0v) is 15.7. The summed E-state index contributed by atoms with van der Waals surface area (Å²) < 4.78 is 1.32. The summed E-state index contributed by atoms with van der Waals surface area (Å²) in [7, 11) is 0. The van der Waals surface area contributed by atoms with Crippen LogP contribution in [0.2, 0.25) is 0 Å². The lowest BCUT2D eigenvalue weighted by Crippen LogP contribution is -3.00. The number of nitrogens with zero attached hydrogens (tertiary/aromatic N) is 1. The van der Waals surface area contributed by atoms with Gasteiger partial charge in [-0.05, 0) is 54.5 Å². The molecule has 0 saturated carbocycles. The second-order valence-electron chi connectivity index (χ2n) is 5.75. The third kappa shape index (κ3) is 11.1. The second kappa shape index (κ2) is 15.1. The van der Waals surface area contributed by atoms with Crippen molar-refractivity contribution in [1.29, 1.82) is 0 Å². The van der Waals surface area contributed by atoms with Gasteiger partial charge in [0.2, 0.25) is 0 Å². The van der Waals surface area contributed by atoms with E-state index < -0.39 is 0 Å². The van der Waals surface area contributed by atoms with Gasteiger partial charge in [-0.15, -0.1) is 0 Å². The van der Waals surface area contributed by atoms with Crippen molar-refractivity contribution in [3.05, 3.63) is 0 Å². The van der Waals surface area contributed by atoms with E-state index in [1.807, 2.05) is 0 Å². The summed E-state index contributed by atoms with van der Waals surface area (Å²) in [6, 6.07) is 0. The molecule has 0 amide bonds. The largest absolute Gasteiger partial charge is 1.00 e. The molecule has 0 heterocycles. The van der Waals surface area contributed by atoms with Crippen LogP contribution in [-0.2, 0) is 0 Å². The lowest BCUT2D eigenvalue weighted by molar-refractivity contribution is -0.915. The van der Waals surface area contributed by atoms with Crippen molar-refractivity contribution in [2.75, 3.05) is 25.1 Å². The van der Waals surface area contributed by atoms with Crippen LogP contribution in [0.4, 0.5) is 0 Å². The van der Waals surface area contributed by atoms with Crippen LogP contribution in [0.15, 0.2) is 0 Å². The molecule has 0 aliphatic heterocycles. The average Bonchev–Trinajstić information content (AvgIpc) is 2.39. The quantitative estimate of drug-likeness (QED) is 0.206. The molecule has 118 valence electrons. The SMILES string of the molecule is CCCCC[N+](CBr)(CCCCC)CCCCC.[Cl-]. The molecule has 0 radical (unpaired) electrons. The molecule has 0 aromatic carbocycles. The van der Waals surface area contributed by atoms with Gasteiger partial charge in [-0.25, -0.2) is 0 Å². The average molecular weight is 357 g/mol. The highest BCUT2D eigenvalue weighted by atomic mass is 79.9. The van der Waals surface area contributed by atoms with Crippen LogP contribution < -0.4 is 12.4 Å². The van der Waals surface area contributed by atoms with Gasteiger partial charge in [0.25, 0.3) is 0 Å². The monoisotopic (exact) mass is 355 g/mol. The molecule has 0 aromatic rings. The number of hydrogen-bond donors (Lipinski definition) is 0. The van der Waals surface area contributed by atoms with Crippen LogP contribution in [-0.4, -0.2) is 29.6 Å². The smallest absolute Gasteiger partial charge is 0.134 e. The highest BCUT2D eigenvalue weighted by Crippen LogP contribution is 2.18. The molecule has 0 rings (SSSR count).